The van der Waals surface area contributed by atoms with Gasteiger partial charge in [-0.05, 0) is 43.9 Å². The number of ether oxygens (including phenoxy) is 3. The molecule has 8 nitrogen and oxygen atoms in total. The predicted octanol–water partition coefficient (Wildman–Crippen LogP) is 2.02. The minimum atomic E-state index is -3.85. The van der Waals surface area contributed by atoms with Gasteiger partial charge < -0.3 is 19.1 Å². The number of benzene rings is 1. The molecule has 0 bridgehead atoms. The highest BCUT2D eigenvalue weighted by Crippen LogP contribution is 2.28. The van der Waals surface area contributed by atoms with Gasteiger partial charge in [-0.25, -0.2) is 13.1 Å². The van der Waals surface area contributed by atoms with Gasteiger partial charge in [-0.3, -0.25) is 4.79 Å². The number of carbonyl (C=O) groups excluding carboxylic acids is 1. The van der Waals surface area contributed by atoms with Crippen molar-refractivity contribution in [3.8, 4) is 0 Å². The monoisotopic (exact) mass is 458 g/mol. The first-order valence-electron chi connectivity index (χ1n) is 10.4. The number of halogens is 1. The number of nitrogens with one attached hydrogen (secondary N) is 1. The maximum atomic E-state index is 13.0. The lowest BCUT2D eigenvalue weighted by Gasteiger charge is -2.34. The summed E-state index contributed by atoms with van der Waals surface area (Å²) in [5, 5.41) is 0.0839. The number of hydrogen-bond donors (Lipinski definition) is 1. The Hall–Kier alpha value is -1.23. The van der Waals surface area contributed by atoms with Crippen LogP contribution in [0.2, 0.25) is 5.02 Å². The molecule has 4 rings (SSSR count). The van der Waals surface area contributed by atoms with Crippen molar-refractivity contribution in [2.24, 2.45) is 5.92 Å². The van der Waals surface area contributed by atoms with Crippen LogP contribution in [0.1, 0.15) is 36.0 Å². The number of piperidine rings is 1. The molecule has 1 aromatic rings. The highest BCUT2D eigenvalue weighted by atomic mass is 35.5. The van der Waals surface area contributed by atoms with E-state index in [-0.39, 0.29) is 40.7 Å². The van der Waals surface area contributed by atoms with Crippen molar-refractivity contribution < 1.29 is 27.4 Å². The average molecular weight is 459 g/mol. The molecule has 3 aliphatic heterocycles. The second-order valence-corrected chi connectivity index (χ2v) is 10.0. The summed E-state index contributed by atoms with van der Waals surface area (Å²) in [7, 11) is -3.85. The minimum absolute atomic E-state index is 0.0839. The zero-order valence-electron chi connectivity index (χ0n) is 16.7. The van der Waals surface area contributed by atoms with Gasteiger partial charge in [-0.15, -0.1) is 0 Å². The number of carbonyl (C=O) groups is 1. The summed E-state index contributed by atoms with van der Waals surface area (Å²) in [4.78, 5) is 14.6. The fourth-order valence-electron chi connectivity index (χ4n) is 4.13. The fraction of sp³-hybridized carbons (Fsp3) is 0.650. The number of hydrogen-bond acceptors (Lipinski definition) is 6. The molecular formula is C20H27ClN2O6S. The summed E-state index contributed by atoms with van der Waals surface area (Å²) in [5.41, 5.74) is 0.309. The van der Waals surface area contributed by atoms with Crippen LogP contribution < -0.4 is 4.72 Å². The Kier molecular flexibility index (Phi) is 6.96. The molecule has 1 N–H and O–H groups in total. The van der Waals surface area contributed by atoms with E-state index in [1.807, 2.05) is 0 Å². The molecule has 0 radical (unpaired) electrons. The van der Waals surface area contributed by atoms with Crippen LogP contribution in [0.3, 0.4) is 0 Å². The third kappa shape index (κ3) is 4.98. The van der Waals surface area contributed by atoms with Gasteiger partial charge in [0.2, 0.25) is 10.0 Å². The molecule has 0 aromatic heterocycles. The van der Waals surface area contributed by atoms with Crippen molar-refractivity contribution >= 4 is 27.5 Å². The van der Waals surface area contributed by atoms with Crippen LogP contribution >= 0.6 is 11.6 Å². The number of rotatable bonds is 6. The van der Waals surface area contributed by atoms with E-state index in [0.29, 0.717) is 38.5 Å². The zero-order chi connectivity index (χ0) is 21.1. The van der Waals surface area contributed by atoms with E-state index in [2.05, 4.69) is 4.72 Å². The van der Waals surface area contributed by atoms with Gasteiger partial charge in [-0.1, -0.05) is 11.6 Å². The highest BCUT2D eigenvalue weighted by Gasteiger charge is 2.32. The highest BCUT2D eigenvalue weighted by molar-refractivity contribution is 7.89. The number of amides is 1. The molecule has 0 aliphatic carbocycles. The average Bonchev–Trinajstić information content (AvgIpc) is 3.46. The van der Waals surface area contributed by atoms with E-state index >= 15 is 0 Å². The molecule has 166 valence electrons. The predicted molar refractivity (Wildman–Crippen MR) is 110 cm³/mol. The Morgan fingerprint density at radius 1 is 1.10 bits per heavy atom. The van der Waals surface area contributed by atoms with Gasteiger partial charge in [0.15, 0.2) is 6.29 Å². The first-order chi connectivity index (χ1) is 14.4. The van der Waals surface area contributed by atoms with Gasteiger partial charge in [0, 0.05) is 37.7 Å². The molecule has 30 heavy (non-hydrogen) atoms. The molecule has 1 unspecified atom stereocenters. The Morgan fingerprint density at radius 2 is 1.83 bits per heavy atom. The van der Waals surface area contributed by atoms with Gasteiger partial charge in [0.25, 0.3) is 5.91 Å². The SMILES string of the molecule is O=C(c1ccc(Cl)c(S(=O)(=O)NCC2CCCO2)c1)N1CCC(C2OCCO2)CC1. The Bertz CT molecular complexity index is 860. The summed E-state index contributed by atoms with van der Waals surface area (Å²) < 4.78 is 44.7. The summed E-state index contributed by atoms with van der Waals surface area (Å²) >= 11 is 6.16. The van der Waals surface area contributed by atoms with Crippen LogP contribution in [0.5, 0.6) is 0 Å². The molecule has 1 atom stereocenters. The van der Waals surface area contributed by atoms with Crippen molar-refractivity contribution in [3.05, 3.63) is 28.8 Å². The third-order valence-electron chi connectivity index (χ3n) is 5.85. The molecule has 3 fully saturated rings. The maximum absolute atomic E-state index is 13.0. The van der Waals surface area contributed by atoms with Crippen molar-refractivity contribution in [2.45, 2.75) is 43.0 Å². The van der Waals surface area contributed by atoms with Gasteiger partial charge >= 0.3 is 0 Å². The van der Waals surface area contributed by atoms with Crippen LogP contribution in [-0.2, 0) is 24.2 Å². The van der Waals surface area contributed by atoms with Crippen molar-refractivity contribution in [1.82, 2.24) is 9.62 Å². The van der Waals surface area contributed by atoms with Crippen molar-refractivity contribution in [2.75, 3.05) is 39.5 Å². The first kappa shape index (κ1) is 22.0. The number of likely N-dealkylation sites (tertiary alicyclic amines) is 1. The van der Waals surface area contributed by atoms with Crippen LogP contribution in [-0.4, -0.2) is 71.1 Å². The lowest BCUT2D eigenvalue weighted by atomic mass is 9.95. The normalized spacial score (nSPS) is 23.9. The summed E-state index contributed by atoms with van der Waals surface area (Å²) in [5.74, 6) is 0.0775. The maximum Gasteiger partial charge on any atom is 0.253 e. The van der Waals surface area contributed by atoms with Gasteiger partial charge in [0.05, 0.1) is 24.3 Å². The summed E-state index contributed by atoms with van der Waals surface area (Å²) in [6, 6.07) is 4.39. The molecule has 3 heterocycles. The molecule has 1 aromatic carbocycles. The molecule has 0 saturated carbocycles. The van der Waals surface area contributed by atoms with E-state index < -0.39 is 10.0 Å². The van der Waals surface area contributed by atoms with Crippen LogP contribution in [0, 0.1) is 5.92 Å². The number of sulfonamides is 1. The zero-order valence-corrected chi connectivity index (χ0v) is 18.3. The van der Waals surface area contributed by atoms with Crippen LogP contribution in [0.4, 0.5) is 0 Å². The smallest absolute Gasteiger partial charge is 0.253 e. The molecule has 3 aliphatic rings. The standard InChI is InChI=1S/C20H27ClN2O6S/c21-17-4-3-15(12-18(17)30(25,26)22-13-16-2-1-9-27-16)19(24)23-7-5-14(6-8-23)20-28-10-11-29-20/h3-4,12,14,16,20,22H,1-2,5-11,13H2. The van der Waals surface area contributed by atoms with E-state index in [0.717, 1.165) is 25.7 Å². The van der Waals surface area contributed by atoms with Gasteiger partial charge in [0.1, 0.15) is 4.90 Å². The first-order valence-corrected chi connectivity index (χ1v) is 12.2. The topological polar surface area (TPSA) is 94.2 Å². The third-order valence-corrected chi connectivity index (χ3v) is 7.76. The molecule has 10 heteroatoms. The largest absolute Gasteiger partial charge is 0.377 e. The van der Waals surface area contributed by atoms with Gasteiger partial charge in [-0.2, -0.15) is 0 Å². The second kappa shape index (κ2) is 9.50. The molecule has 3 saturated heterocycles. The molecular weight excluding hydrogens is 432 g/mol. The quantitative estimate of drug-likeness (QED) is 0.701. The molecule has 0 spiro atoms. The van der Waals surface area contributed by atoms with E-state index in [4.69, 9.17) is 25.8 Å². The van der Waals surface area contributed by atoms with Crippen LogP contribution in [0.15, 0.2) is 23.1 Å². The molecule has 1 amide bonds. The van der Waals surface area contributed by atoms with E-state index in [1.54, 1.807) is 11.0 Å². The summed E-state index contributed by atoms with van der Waals surface area (Å²) in [6.45, 7) is 3.23. The van der Waals surface area contributed by atoms with Crippen molar-refractivity contribution in [3.63, 3.8) is 0 Å². The minimum Gasteiger partial charge on any atom is -0.377 e. The Balaban J connectivity index is 1.41. The number of nitrogens with zero attached hydrogens (tertiary/aromatic N) is 1. The van der Waals surface area contributed by atoms with Crippen LogP contribution in [0.25, 0.3) is 0 Å². The summed E-state index contributed by atoms with van der Waals surface area (Å²) in [6.07, 6.45) is 3.02. The Labute approximate surface area is 181 Å². The second-order valence-electron chi connectivity index (χ2n) is 7.87. The van der Waals surface area contributed by atoms with E-state index in [9.17, 15) is 13.2 Å². The Morgan fingerprint density at radius 3 is 2.50 bits per heavy atom. The fourth-order valence-corrected chi connectivity index (χ4v) is 5.72. The van der Waals surface area contributed by atoms with E-state index in [1.165, 1.54) is 12.1 Å². The van der Waals surface area contributed by atoms with Crippen molar-refractivity contribution in [1.29, 1.82) is 0 Å². The lowest BCUT2D eigenvalue weighted by molar-refractivity contribution is -0.0956. The lowest BCUT2D eigenvalue weighted by Crippen LogP contribution is -2.41.